The zero-order chi connectivity index (χ0) is 8.85. The Labute approximate surface area is 64.8 Å². The van der Waals surface area contributed by atoms with E-state index in [0.717, 1.165) is 0 Å². The van der Waals surface area contributed by atoms with E-state index in [1.165, 1.54) is 0 Å². The third-order valence-corrected chi connectivity index (χ3v) is 1.39. The Kier molecular flexibility index (Phi) is 4.45. The molecule has 4 heteroatoms. The van der Waals surface area contributed by atoms with Crippen molar-refractivity contribution in [3.05, 3.63) is 0 Å². The quantitative estimate of drug-likeness (QED) is 0.557. The molecule has 0 aromatic rings. The van der Waals surface area contributed by atoms with Crippen molar-refractivity contribution in [2.24, 2.45) is 5.92 Å². The predicted molar refractivity (Wildman–Crippen MR) is 38.1 cm³/mol. The molecule has 0 aromatic heterocycles. The third kappa shape index (κ3) is 4.50. The van der Waals surface area contributed by atoms with Crippen LogP contribution >= 0.6 is 0 Å². The summed E-state index contributed by atoms with van der Waals surface area (Å²) in [7, 11) is 0. The van der Waals surface area contributed by atoms with E-state index in [1.807, 2.05) is 0 Å². The number of hydrogen-bond acceptors (Lipinski definition) is 3. The summed E-state index contributed by atoms with van der Waals surface area (Å²) in [6, 6.07) is 0. The molecule has 1 unspecified atom stereocenters. The van der Waals surface area contributed by atoms with Gasteiger partial charge in [-0.1, -0.05) is 6.92 Å². The van der Waals surface area contributed by atoms with E-state index in [2.05, 4.69) is 0 Å². The maximum absolute atomic E-state index is 10.5. The Morgan fingerprint density at radius 2 is 2.00 bits per heavy atom. The smallest absolute Gasteiger partial charge is 0.372 e. The molecular formula is C7H12O4. The zero-order valence-corrected chi connectivity index (χ0v) is 6.41. The van der Waals surface area contributed by atoms with Gasteiger partial charge in [-0.25, -0.2) is 4.79 Å². The summed E-state index contributed by atoms with van der Waals surface area (Å²) < 4.78 is 0. The van der Waals surface area contributed by atoms with E-state index < -0.39 is 11.8 Å². The number of aliphatic hydroxyl groups is 1. The van der Waals surface area contributed by atoms with E-state index in [9.17, 15) is 9.59 Å². The standard InChI is InChI=1S/C7H12O4/c1-5(2-3-8)4-6(9)7(10)11/h5,8H,2-4H2,1H3,(H,10,11). The van der Waals surface area contributed by atoms with Crippen molar-refractivity contribution in [3.8, 4) is 0 Å². The normalized spacial score (nSPS) is 12.5. The summed E-state index contributed by atoms with van der Waals surface area (Å²) >= 11 is 0. The molecule has 11 heavy (non-hydrogen) atoms. The Morgan fingerprint density at radius 1 is 1.45 bits per heavy atom. The molecule has 0 saturated heterocycles. The lowest BCUT2D eigenvalue weighted by molar-refractivity contribution is -0.149. The number of carbonyl (C=O) groups is 2. The highest BCUT2D eigenvalue weighted by molar-refractivity contribution is 6.32. The van der Waals surface area contributed by atoms with E-state index in [4.69, 9.17) is 10.2 Å². The minimum atomic E-state index is -1.39. The van der Waals surface area contributed by atoms with Crippen molar-refractivity contribution < 1.29 is 19.8 Å². The number of carboxylic acid groups (broad SMARTS) is 1. The highest BCUT2D eigenvalue weighted by Gasteiger charge is 2.14. The molecule has 0 saturated carbocycles. The van der Waals surface area contributed by atoms with Gasteiger partial charge in [-0.15, -0.1) is 0 Å². The summed E-state index contributed by atoms with van der Waals surface area (Å²) in [6.07, 6.45) is 0.481. The molecule has 0 aromatic carbocycles. The van der Waals surface area contributed by atoms with Crippen molar-refractivity contribution in [1.29, 1.82) is 0 Å². The first kappa shape index (κ1) is 10.1. The summed E-state index contributed by atoms with van der Waals surface area (Å²) in [6.45, 7) is 1.73. The molecule has 4 nitrogen and oxygen atoms in total. The summed E-state index contributed by atoms with van der Waals surface area (Å²) in [4.78, 5) is 20.6. The first-order chi connectivity index (χ1) is 5.07. The van der Waals surface area contributed by atoms with Crippen molar-refractivity contribution in [3.63, 3.8) is 0 Å². The molecule has 0 amide bonds. The molecule has 0 aliphatic carbocycles. The van der Waals surface area contributed by atoms with Gasteiger partial charge in [0.15, 0.2) is 0 Å². The zero-order valence-electron chi connectivity index (χ0n) is 6.41. The van der Waals surface area contributed by atoms with Crippen LogP contribution in [0.1, 0.15) is 19.8 Å². The number of Topliss-reactive ketones (excluding diaryl/α,β-unsaturated/α-hetero) is 1. The SMILES string of the molecule is CC(CCO)CC(=O)C(=O)O. The minimum absolute atomic E-state index is 0.00589. The van der Waals surface area contributed by atoms with E-state index in [1.54, 1.807) is 6.92 Å². The lowest BCUT2D eigenvalue weighted by atomic mass is 10.0. The van der Waals surface area contributed by atoms with Crippen LogP contribution in [0.25, 0.3) is 0 Å². The maximum atomic E-state index is 10.5. The van der Waals surface area contributed by atoms with Crippen LogP contribution in [0, 0.1) is 5.92 Å². The second-order valence-electron chi connectivity index (χ2n) is 2.55. The molecule has 2 N–H and O–H groups in total. The molecule has 0 aliphatic heterocycles. The molecule has 0 rings (SSSR count). The van der Waals surface area contributed by atoms with Crippen molar-refractivity contribution in [2.75, 3.05) is 6.61 Å². The van der Waals surface area contributed by atoms with Gasteiger partial charge in [-0.2, -0.15) is 0 Å². The Balaban J connectivity index is 3.66. The Hall–Kier alpha value is -0.900. The monoisotopic (exact) mass is 160 g/mol. The molecule has 0 aliphatic rings. The number of ketones is 1. The van der Waals surface area contributed by atoms with Crippen molar-refractivity contribution in [2.45, 2.75) is 19.8 Å². The van der Waals surface area contributed by atoms with Gasteiger partial charge in [0.1, 0.15) is 0 Å². The maximum Gasteiger partial charge on any atom is 0.372 e. The van der Waals surface area contributed by atoms with Gasteiger partial charge in [0.2, 0.25) is 5.78 Å². The van der Waals surface area contributed by atoms with E-state index in [0.29, 0.717) is 6.42 Å². The number of carboxylic acids is 1. The van der Waals surface area contributed by atoms with Gasteiger partial charge < -0.3 is 10.2 Å². The topological polar surface area (TPSA) is 74.6 Å². The third-order valence-electron chi connectivity index (χ3n) is 1.39. The number of carbonyl (C=O) groups excluding carboxylic acids is 1. The number of hydrogen-bond donors (Lipinski definition) is 2. The second-order valence-corrected chi connectivity index (χ2v) is 2.55. The molecule has 0 fully saturated rings. The lowest BCUT2D eigenvalue weighted by Gasteiger charge is -2.04. The van der Waals surface area contributed by atoms with Gasteiger partial charge in [0.25, 0.3) is 0 Å². The largest absolute Gasteiger partial charge is 0.476 e. The molecule has 64 valence electrons. The van der Waals surface area contributed by atoms with Crippen LogP contribution in [0.15, 0.2) is 0 Å². The number of aliphatic carboxylic acids is 1. The van der Waals surface area contributed by atoms with Gasteiger partial charge in [0, 0.05) is 13.0 Å². The van der Waals surface area contributed by atoms with Crippen LogP contribution in [0.4, 0.5) is 0 Å². The van der Waals surface area contributed by atoms with E-state index in [-0.39, 0.29) is 18.9 Å². The average Bonchev–Trinajstić information content (AvgIpc) is 1.87. The van der Waals surface area contributed by atoms with Crippen LogP contribution in [0.2, 0.25) is 0 Å². The van der Waals surface area contributed by atoms with Gasteiger partial charge in [-0.3, -0.25) is 4.79 Å². The van der Waals surface area contributed by atoms with Crippen LogP contribution < -0.4 is 0 Å². The lowest BCUT2D eigenvalue weighted by Crippen LogP contribution is -2.16. The molecule has 0 spiro atoms. The minimum Gasteiger partial charge on any atom is -0.476 e. The first-order valence-electron chi connectivity index (χ1n) is 3.45. The second kappa shape index (κ2) is 4.85. The van der Waals surface area contributed by atoms with Gasteiger partial charge in [-0.05, 0) is 12.3 Å². The fourth-order valence-electron chi connectivity index (χ4n) is 0.726. The number of aliphatic hydroxyl groups excluding tert-OH is 1. The predicted octanol–water partition coefficient (Wildman–Crippen LogP) is 0.0487. The van der Waals surface area contributed by atoms with Crippen LogP contribution in [0.3, 0.4) is 0 Å². The van der Waals surface area contributed by atoms with Crippen molar-refractivity contribution >= 4 is 11.8 Å². The van der Waals surface area contributed by atoms with Gasteiger partial charge >= 0.3 is 5.97 Å². The first-order valence-corrected chi connectivity index (χ1v) is 3.45. The fourth-order valence-corrected chi connectivity index (χ4v) is 0.726. The van der Waals surface area contributed by atoms with Crippen LogP contribution in [-0.4, -0.2) is 28.6 Å². The fraction of sp³-hybridized carbons (Fsp3) is 0.714. The highest BCUT2D eigenvalue weighted by Crippen LogP contribution is 2.06. The molecule has 1 atom stereocenters. The van der Waals surface area contributed by atoms with Gasteiger partial charge in [0.05, 0.1) is 0 Å². The molecule has 0 radical (unpaired) electrons. The average molecular weight is 160 g/mol. The van der Waals surface area contributed by atoms with Crippen LogP contribution in [0.5, 0.6) is 0 Å². The Bertz CT molecular complexity index is 153. The summed E-state index contributed by atoms with van der Waals surface area (Å²) in [5.41, 5.74) is 0. The molecule has 0 bridgehead atoms. The van der Waals surface area contributed by atoms with E-state index >= 15 is 0 Å². The van der Waals surface area contributed by atoms with Crippen molar-refractivity contribution in [1.82, 2.24) is 0 Å². The molecular weight excluding hydrogens is 148 g/mol. The molecule has 0 heterocycles. The summed E-state index contributed by atoms with van der Waals surface area (Å²) in [5.74, 6) is -2.23. The summed E-state index contributed by atoms with van der Waals surface area (Å²) in [5, 5.41) is 16.6. The highest BCUT2D eigenvalue weighted by atomic mass is 16.4. The Morgan fingerprint density at radius 3 is 2.36 bits per heavy atom. The van der Waals surface area contributed by atoms with Crippen LogP contribution in [-0.2, 0) is 9.59 Å². The number of rotatable bonds is 5.